The molecule has 0 aromatic heterocycles. The normalized spacial score (nSPS) is 14.5. The lowest BCUT2D eigenvalue weighted by molar-refractivity contribution is -0.131. The van der Waals surface area contributed by atoms with Gasteiger partial charge in [-0.3, -0.25) is 9.59 Å². The summed E-state index contributed by atoms with van der Waals surface area (Å²) in [6.45, 7) is 4.03. The molecular formula is C21H25N3O2. The van der Waals surface area contributed by atoms with E-state index in [0.29, 0.717) is 18.5 Å². The van der Waals surface area contributed by atoms with Crippen LogP contribution in [0, 0.1) is 19.3 Å². The van der Waals surface area contributed by atoms with E-state index >= 15 is 0 Å². The van der Waals surface area contributed by atoms with Crippen LogP contribution in [0.1, 0.15) is 24.0 Å². The highest BCUT2D eigenvalue weighted by Crippen LogP contribution is 2.47. The van der Waals surface area contributed by atoms with Gasteiger partial charge in [-0.05, 0) is 74.2 Å². The van der Waals surface area contributed by atoms with Crippen LogP contribution >= 0.6 is 0 Å². The summed E-state index contributed by atoms with van der Waals surface area (Å²) < 4.78 is 0. The topological polar surface area (TPSA) is 61.4 Å². The average Bonchev–Trinajstić information content (AvgIpc) is 3.40. The summed E-state index contributed by atoms with van der Waals surface area (Å²) in [6, 6.07) is 13.3. The first kappa shape index (κ1) is 18.0. The number of rotatable bonds is 5. The number of benzene rings is 2. The predicted octanol–water partition coefficient (Wildman–Crippen LogP) is 3.73. The Morgan fingerprint density at radius 1 is 0.846 bits per heavy atom. The van der Waals surface area contributed by atoms with Gasteiger partial charge in [-0.25, -0.2) is 0 Å². The molecule has 136 valence electrons. The van der Waals surface area contributed by atoms with Crippen LogP contribution in [0.25, 0.3) is 0 Å². The number of amides is 2. The second-order valence-electron chi connectivity index (χ2n) is 7.23. The van der Waals surface area contributed by atoms with Crippen molar-refractivity contribution in [3.8, 4) is 0 Å². The highest BCUT2D eigenvalue weighted by Gasteiger charge is 2.56. The number of hydrogen-bond acceptors (Lipinski definition) is 3. The van der Waals surface area contributed by atoms with E-state index < -0.39 is 5.41 Å². The van der Waals surface area contributed by atoms with Crippen LogP contribution < -0.4 is 15.5 Å². The molecule has 0 aliphatic heterocycles. The quantitative estimate of drug-likeness (QED) is 0.807. The summed E-state index contributed by atoms with van der Waals surface area (Å²) in [7, 11) is 3.92. The van der Waals surface area contributed by atoms with E-state index in [1.54, 1.807) is 0 Å². The number of nitrogens with zero attached hydrogens (tertiary/aromatic N) is 1. The van der Waals surface area contributed by atoms with Crippen LogP contribution in [0.15, 0.2) is 42.5 Å². The van der Waals surface area contributed by atoms with E-state index in [4.69, 9.17) is 0 Å². The number of carbonyl (C=O) groups is 2. The maximum absolute atomic E-state index is 12.7. The van der Waals surface area contributed by atoms with Gasteiger partial charge in [-0.2, -0.15) is 0 Å². The molecule has 26 heavy (non-hydrogen) atoms. The lowest BCUT2D eigenvalue weighted by atomic mass is 10.0. The fourth-order valence-electron chi connectivity index (χ4n) is 2.85. The molecule has 0 heterocycles. The minimum Gasteiger partial charge on any atom is -0.378 e. The molecule has 2 amide bonds. The standard InChI is InChI=1S/C21H25N3O2/c1-14-5-6-17(13-15(14)2)23-20(26)21(11-12-21)19(25)22-16-7-9-18(10-8-16)24(3)4/h5-10,13H,11-12H2,1-4H3,(H,22,25)(H,23,26). The van der Waals surface area contributed by atoms with Gasteiger partial charge in [-0.1, -0.05) is 6.07 Å². The van der Waals surface area contributed by atoms with Crippen LogP contribution in [-0.2, 0) is 9.59 Å². The van der Waals surface area contributed by atoms with E-state index in [9.17, 15) is 9.59 Å². The molecule has 1 fully saturated rings. The number of anilines is 3. The summed E-state index contributed by atoms with van der Waals surface area (Å²) >= 11 is 0. The predicted molar refractivity (Wildman–Crippen MR) is 106 cm³/mol. The Kier molecular flexibility index (Phi) is 4.72. The molecule has 2 N–H and O–H groups in total. The van der Waals surface area contributed by atoms with Gasteiger partial charge in [0, 0.05) is 31.2 Å². The maximum Gasteiger partial charge on any atom is 0.240 e. The minimum absolute atomic E-state index is 0.233. The summed E-state index contributed by atoms with van der Waals surface area (Å²) in [5.74, 6) is -0.473. The van der Waals surface area contributed by atoms with Crippen molar-refractivity contribution in [3.63, 3.8) is 0 Å². The zero-order chi connectivity index (χ0) is 18.9. The Balaban J connectivity index is 1.68. The number of carbonyl (C=O) groups excluding carboxylic acids is 2. The second-order valence-corrected chi connectivity index (χ2v) is 7.23. The van der Waals surface area contributed by atoms with E-state index in [2.05, 4.69) is 10.6 Å². The van der Waals surface area contributed by atoms with Crippen molar-refractivity contribution in [2.45, 2.75) is 26.7 Å². The van der Waals surface area contributed by atoms with Crippen molar-refractivity contribution in [2.24, 2.45) is 5.41 Å². The van der Waals surface area contributed by atoms with Gasteiger partial charge in [0.1, 0.15) is 5.41 Å². The Morgan fingerprint density at radius 2 is 1.38 bits per heavy atom. The average molecular weight is 351 g/mol. The monoisotopic (exact) mass is 351 g/mol. The SMILES string of the molecule is Cc1ccc(NC(=O)C2(C(=O)Nc3ccc(N(C)C)cc3)CC2)cc1C. The van der Waals surface area contributed by atoms with Crippen LogP contribution in [0.2, 0.25) is 0 Å². The highest BCUT2D eigenvalue weighted by atomic mass is 16.2. The number of nitrogens with one attached hydrogen (secondary N) is 2. The van der Waals surface area contributed by atoms with Crippen molar-refractivity contribution < 1.29 is 9.59 Å². The third-order valence-electron chi connectivity index (χ3n) is 5.03. The van der Waals surface area contributed by atoms with Gasteiger partial charge in [0.05, 0.1) is 0 Å². The maximum atomic E-state index is 12.7. The molecule has 0 radical (unpaired) electrons. The van der Waals surface area contributed by atoms with Crippen molar-refractivity contribution in [2.75, 3.05) is 29.6 Å². The van der Waals surface area contributed by atoms with Crippen LogP contribution in [0.4, 0.5) is 17.1 Å². The molecule has 2 aromatic carbocycles. The third-order valence-corrected chi connectivity index (χ3v) is 5.03. The van der Waals surface area contributed by atoms with E-state index in [0.717, 1.165) is 16.9 Å². The first-order chi connectivity index (χ1) is 12.3. The summed E-state index contributed by atoms with van der Waals surface area (Å²) in [5, 5.41) is 5.78. The zero-order valence-electron chi connectivity index (χ0n) is 15.7. The first-order valence-corrected chi connectivity index (χ1v) is 8.79. The van der Waals surface area contributed by atoms with Gasteiger partial charge >= 0.3 is 0 Å². The van der Waals surface area contributed by atoms with Gasteiger partial charge in [0.15, 0.2) is 0 Å². The molecule has 0 bridgehead atoms. The Hall–Kier alpha value is -2.82. The van der Waals surface area contributed by atoms with Crippen LogP contribution in [0.3, 0.4) is 0 Å². The van der Waals surface area contributed by atoms with E-state index in [1.165, 1.54) is 5.56 Å². The summed E-state index contributed by atoms with van der Waals surface area (Å²) in [5.41, 5.74) is 3.80. The Labute approximate surface area is 154 Å². The molecule has 0 atom stereocenters. The van der Waals surface area contributed by atoms with Gasteiger partial charge in [-0.15, -0.1) is 0 Å². The van der Waals surface area contributed by atoms with Crippen LogP contribution in [-0.4, -0.2) is 25.9 Å². The Morgan fingerprint density at radius 3 is 1.88 bits per heavy atom. The number of hydrogen-bond donors (Lipinski definition) is 2. The number of aryl methyl sites for hydroxylation is 2. The largest absolute Gasteiger partial charge is 0.378 e. The molecule has 0 spiro atoms. The zero-order valence-corrected chi connectivity index (χ0v) is 15.7. The molecule has 2 aromatic rings. The van der Waals surface area contributed by atoms with Crippen LogP contribution in [0.5, 0.6) is 0 Å². The first-order valence-electron chi connectivity index (χ1n) is 8.79. The van der Waals surface area contributed by atoms with Crippen molar-refractivity contribution in [3.05, 3.63) is 53.6 Å². The minimum atomic E-state index is -0.959. The second kappa shape index (κ2) is 6.83. The lowest BCUT2D eigenvalue weighted by Gasteiger charge is -2.17. The fourth-order valence-corrected chi connectivity index (χ4v) is 2.85. The van der Waals surface area contributed by atoms with Crippen molar-refractivity contribution >= 4 is 28.9 Å². The van der Waals surface area contributed by atoms with E-state index in [-0.39, 0.29) is 11.8 Å². The van der Waals surface area contributed by atoms with Crippen molar-refractivity contribution in [1.82, 2.24) is 0 Å². The molecule has 0 saturated heterocycles. The molecule has 5 heteroatoms. The van der Waals surface area contributed by atoms with E-state index in [1.807, 2.05) is 75.3 Å². The molecular weight excluding hydrogens is 326 g/mol. The molecule has 5 nitrogen and oxygen atoms in total. The molecule has 1 saturated carbocycles. The highest BCUT2D eigenvalue weighted by molar-refractivity contribution is 6.16. The molecule has 3 rings (SSSR count). The fraction of sp³-hybridized carbons (Fsp3) is 0.333. The van der Waals surface area contributed by atoms with Crippen molar-refractivity contribution in [1.29, 1.82) is 0 Å². The molecule has 1 aliphatic rings. The Bertz CT molecular complexity index is 837. The summed E-state index contributed by atoms with van der Waals surface area (Å²) in [6.07, 6.45) is 1.15. The smallest absolute Gasteiger partial charge is 0.240 e. The lowest BCUT2D eigenvalue weighted by Crippen LogP contribution is -2.35. The third kappa shape index (κ3) is 3.57. The summed E-state index contributed by atoms with van der Waals surface area (Å²) in [4.78, 5) is 27.4. The van der Waals surface area contributed by atoms with Gasteiger partial charge in [0.2, 0.25) is 11.8 Å². The molecule has 0 unspecified atom stereocenters. The van der Waals surface area contributed by atoms with Gasteiger partial charge in [0.25, 0.3) is 0 Å². The van der Waals surface area contributed by atoms with Gasteiger partial charge < -0.3 is 15.5 Å². The molecule has 1 aliphatic carbocycles.